The summed E-state index contributed by atoms with van der Waals surface area (Å²) in [5.41, 5.74) is 3.01. The molecule has 3 amide bonds. The topological polar surface area (TPSA) is 167 Å². The number of hydrogen-bond donors (Lipinski definition) is 2. The van der Waals surface area contributed by atoms with E-state index in [1.807, 2.05) is 43.6 Å². The summed E-state index contributed by atoms with van der Waals surface area (Å²) < 4.78 is 14.2. The molecule has 4 aliphatic rings. The van der Waals surface area contributed by atoms with E-state index >= 15 is 0 Å². The molecule has 49 heavy (non-hydrogen) atoms. The predicted octanol–water partition coefficient (Wildman–Crippen LogP) is 4.27. The number of nitrogens with zero attached hydrogens (tertiary/aromatic N) is 5. The number of ether oxygens (including phenoxy) is 2. The molecule has 4 unspecified atom stereocenters. The smallest absolute Gasteiger partial charge is 0.440 e. The summed E-state index contributed by atoms with van der Waals surface area (Å²) in [6.45, 7) is 2.08. The second-order valence-corrected chi connectivity index (χ2v) is 14.3. The molecule has 0 aromatic carbocycles. The highest BCUT2D eigenvalue weighted by Gasteiger charge is 2.62. The summed E-state index contributed by atoms with van der Waals surface area (Å²) in [4.78, 5) is 69.6. The highest BCUT2D eigenvalue weighted by atomic mass is 32.1. The van der Waals surface area contributed by atoms with Crippen molar-refractivity contribution in [1.82, 2.24) is 35.4 Å². The Kier molecular flexibility index (Phi) is 9.27. The first-order chi connectivity index (χ1) is 23.7. The number of carbonyl (C=O) groups excluding carboxylic acids is 4. The molecule has 7 rings (SSSR count). The van der Waals surface area contributed by atoms with Gasteiger partial charge in [0.2, 0.25) is 17.7 Å². The largest absolute Gasteiger partial charge is 0.471 e. The third-order valence-corrected chi connectivity index (χ3v) is 10.7. The predicted molar refractivity (Wildman–Crippen MR) is 178 cm³/mol. The van der Waals surface area contributed by atoms with Crippen LogP contribution < -0.4 is 15.5 Å². The van der Waals surface area contributed by atoms with Crippen LogP contribution in [0.25, 0.3) is 21.7 Å². The average Bonchev–Trinajstić information content (AvgIpc) is 3.39. The Balaban J connectivity index is 1.11. The molecule has 260 valence electrons. The van der Waals surface area contributed by atoms with Crippen LogP contribution >= 0.6 is 11.3 Å². The zero-order valence-corrected chi connectivity index (χ0v) is 28.5. The van der Waals surface area contributed by atoms with Crippen molar-refractivity contribution in [2.45, 2.75) is 101 Å². The number of nitrogens with one attached hydrogen (secondary N) is 2. The Morgan fingerprint density at radius 1 is 1.10 bits per heavy atom. The van der Waals surface area contributed by atoms with Gasteiger partial charge in [0.1, 0.15) is 34.2 Å². The fraction of sp³-hybridized carbons (Fsp3) is 0.559. The summed E-state index contributed by atoms with van der Waals surface area (Å²) in [5.74, 6) is -0.884. The van der Waals surface area contributed by atoms with Crippen molar-refractivity contribution in [2.24, 2.45) is 13.0 Å². The lowest BCUT2D eigenvalue weighted by Crippen LogP contribution is -2.54. The Hall–Kier alpha value is -4.53. The fourth-order valence-electron chi connectivity index (χ4n) is 6.81. The van der Waals surface area contributed by atoms with Crippen LogP contribution in [0.3, 0.4) is 0 Å². The molecule has 0 radical (unpaired) electrons. The molecule has 4 atom stereocenters. The Bertz CT molecular complexity index is 1780. The fourth-order valence-corrected chi connectivity index (χ4v) is 7.57. The van der Waals surface area contributed by atoms with Gasteiger partial charge in [-0.15, -0.1) is 16.8 Å². The van der Waals surface area contributed by atoms with Gasteiger partial charge in [-0.05, 0) is 69.4 Å². The number of fused-ring (bicyclic) bond motifs is 3. The summed E-state index contributed by atoms with van der Waals surface area (Å²) in [7, 11) is 1.83. The van der Waals surface area contributed by atoms with Crippen LogP contribution in [-0.4, -0.2) is 78.9 Å². The minimum atomic E-state index is -1.38. The number of hydrogen-bond acceptors (Lipinski definition) is 11. The third kappa shape index (κ3) is 6.98. The van der Waals surface area contributed by atoms with Gasteiger partial charge in [0.15, 0.2) is 5.82 Å². The number of allylic oxidation sites excluding steroid dienone is 1. The summed E-state index contributed by atoms with van der Waals surface area (Å²) in [6.07, 6.45) is 10.1. The summed E-state index contributed by atoms with van der Waals surface area (Å²) in [5, 5.41) is 9.27. The van der Waals surface area contributed by atoms with Gasteiger partial charge in [-0.2, -0.15) is 10.1 Å². The maximum atomic E-state index is 14.1. The molecule has 15 heteroatoms. The van der Waals surface area contributed by atoms with Crippen molar-refractivity contribution in [3.05, 3.63) is 35.4 Å². The minimum absolute atomic E-state index is 0.140. The molecule has 1 saturated heterocycles. The van der Waals surface area contributed by atoms with Crippen molar-refractivity contribution in [3.63, 3.8) is 0 Å². The maximum absolute atomic E-state index is 14.1. The van der Waals surface area contributed by atoms with Crippen LogP contribution in [0, 0.1) is 12.8 Å². The standard InChI is InChI=1S/C34H41N7O7S/c1-20-16-25(40(2)38-20)29-35-24-14-15-49-28(24)31(36-29)46-23-17-26-30(43)37-34(32(44)48-39-33(45)47-22-11-9-12-22)18-21(34)10-7-5-3-4-6-8-13-27(42)41(26)19-23/h7,10,14-16,21-23,26H,3-6,8-9,11-13,17-19H2,1-2H3,(H,37,43)(H,39,45)/b10-7+. The van der Waals surface area contributed by atoms with Crippen molar-refractivity contribution < 1.29 is 33.5 Å². The van der Waals surface area contributed by atoms with Gasteiger partial charge in [0.25, 0.3) is 0 Å². The van der Waals surface area contributed by atoms with Crippen molar-refractivity contribution in [3.8, 4) is 17.4 Å². The van der Waals surface area contributed by atoms with E-state index in [9.17, 15) is 19.2 Å². The highest BCUT2D eigenvalue weighted by molar-refractivity contribution is 7.17. The van der Waals surface area contributed by atoms with Crippen LogP contribution in [0.1, 0.15) is 76.3 Å². The molecule has 0 spiro atoms. The Labute approximate surface area is 287 Å². The maximum Gasteiger partial charge on any atom is 0.440 e. The number of carbonyl (C=O) groups is 4. The number of aromatic nitrogens is 4. The Morgan fingerprint density at radius 3 is 2.71 bits per heavy atom. The van der Waals surface area contributed by atoms with E-state index in [1.54, 1.807) is 9.58 Å². The SMILES string of the molecule is Cc1cc(-c2nc(OC3CC4C(=O)NC5(C(=O)ONC(=O)OC6CCC6)CC5/C=C/CCCCCCC(=O)N4C3)c3sccc3n2)n(C)n1. The lowest BCUT2D eigenvalue weighted by Gasteiger charge is -2.26. The van der Waals surface area contributed by atoms with Gasteiger partial charge in [-0.3, -0.25) is 14.3 Å². The molecular weight excluding hydrogens is 650 g/mol. The van der Waals surface area contributed by atoms with Crippen LogP contribution in [0.4, 0.5) is 4.79 Å². The van der Waals surface area contributed by atoms with E-state index in [-0.39, 0.29) is 30.9 Å². The Morgan fingerprint density at radius 2 is 1.94 bits per heavy atom. The quantitative estimate of drug-likeness (QED) is 0.291. The number of thiophene rings is 1. The zero-order valence-electron chi connectivity index (χ0n) is 27.7. The molecule has 3 fully saturated rings. The summed E-state index contributed by atoms with van der Waals surface area (Å²) in [6, 6.07) is 2.92. The molecule has 3 aromatic heterocycles. The zero-order chi connectivity index (χ0) is 34.1. The van der Waals surface area contributed by atoms with E-state index in [2.05, 4.69) is 15.9 Å². The molecule has 2 saturated carbocycles. The first-order valence-corrected chi connectivity index (χ1v) is 18.0. The average molecular weight is 692 g/mol. The number of rotatable bonds is 5. The first-order valence-electron chi connectivity index (χ1n) is 17.1. The van der Waals surface area contributed by atoms with Gasteiger partial charge in [-0.1, -0.05) is 25.0 Å². The lowest BCUT2D eigenvalue weighted by molar-refractivity contribution is -0.156. The molecule has 5 heterocycles. The second kappa shape index (κ2) is 13.8. The molecule has 2 N–H and O–H groups in total. The van der Waals surface area contributed by atoms with Crippen molar-refractivity contribution in [2.75, 3.05) is 6.54 Å². The van der Waals surface area contributed by atoms with E-state index in [4.69, 9.17) is 24.3 Å². The third-order valence-electron chi connectivity index (χ3n) is 9.83. The van der Waals surface area contributed by atoms with Gasteiger partial charge in [-0.25, -0.2) is 14.6 Å². The molecule has 2 aliphatic carbocycles. The normalized spacial score (nSPS) is 26.7. The highest BCUT2D eigenvalue weighted by Crippen LogP contribution is 2.46. The summed E-state index contributed by atoms with van der Waals surface area (Å²) >= 11 is 1.45. The minimum Gasteiger partial charge on any atom is -0.471 e. The molecule has 0 bridgehead atoms. The van der Waals surface area contributed by atoms with E-state index in [0.29, 0.717) is 24.5 Å². The monoisotopic (exact) mass is 691 g/mol. The van der Waals surface area contributed by atoms with Crippen LogP contribution in [-0.2, 0) is 31.0 Å². The van der Waals surface area contributed by atoms with E-state index < -0.39 is 35.7 Å². The van der Waals surface area contributed by atoms with E-state index in [1.165, 1.54) is 11.3 Å². The lowest BCUT2D eigenvalue weighted by atomic mass is 9.96. The second-order valence-electron chi connectivity index (χ2n) is 13.4. The molecular formula is C34H41N7O7S. The molecule has 3 aromatic rings. The van der Waals surface area contributed by atoms with Crippen LogP contribution in [0.5, 0.6) is 5.88 Å². The van der Waals surface area contributed by atoms with Gasteiger partial charge >= 0.3 is 12.1 Å². The molecule has 2 aliphatic heterocycles. The van der Waals surface area contributed by atoms with E-state index in [0.717, 1.165) is 73.0 Å². The van der Waals surface area contributed by atoms with Crippen molar-refractivity contribution in [1.29, 1.82) is 0 Å². The number of hydroxylamine groups is 1. The van der Waals surface area contributed by atoms with Gasteiger partial charge < -0.3 is 24.5 Å². The molecule has 14 nitrogen and oxygen atoms in total. The number of amides is 3. The number of aryl methyl sites for hydroxylation is 2. The van der Waals surface area contributed by atoms with Crippen LogP contribution in [0.15, 0.2) is 29.7 Å². The van der Waals surface area contributed by atoms with Gasteiger partial charge in [0.05, 0.1) is 17.8 Å². The van der Waals surface area contributed by atoms with Gasteiger partial charge in [0, 0.05) is 25.8 Å². The first kappa shape index (κ1) is 33.0. The van der Waals surface area contributed by atoms with Crippen LogP contribution in [0.2, 0.25) is 0 Å². The van der Waals surface area contributed by atoms with Crippen molar-refractivity contribution >= 4 is 45.4 Å².